The molecule has 0 fully saturated rings. The van der Waals surface area contributed by atoms with Gasteiger partial charge in [0.15, 0.2) is 0 Å². The number of hydrogen-bond donors (Lipinski definition) is 1. The lowest BCUT2D eigenvalue weighted by atomic mass is 10.2. The summed E-state index contributed by atoms with van der Waals surface area (Å²) in [6, 6.07) is 8.25. The van der Waals surface area contributed by atoms with Crippen molar-refractivity contribution in [3.63, 3.8) is 0 Å². The monoisotopic (exact) mass is 273 g/mol. The molecule has 6 nitrogen and oxygen atoms in total. The number of allylic oxidation sites excluding steroid dienone is 1. The molecule has 104 valence electrons. The maximum Gasteiger partial charge on any atom is 0.338 e. The summed E-state index contributed by atoms with van der Waals surface area (Å²) in [6.45, 7) is 2.07. The number of carbonyl (C=O) groups excluding carboxylic acids is 1. The van der Waals surface area contributed by atoms with Gasteiger partial charge in [0, 0.05) is 6.08 Å². The van der Waals surface area contributed by atoms with E-state index in [-0.39, 0.29) is 17.6 Å². The van der Waals surface area contributed by atoms with Crippen molar-refractivity contribution in [1.29, 1.82) is 5.26 Å². The number of ether oxygens (including phenoxy) is 2. The fourth-order valence-corrected chi connectivity index (χ4v) is 1.32. The number of benzene rings is 1. The van der Waals surface area contributed by atoms with Gasteiger partial charge in [-0.15, -0.1) is 0 Å². The first-order valence-electron chi connectivity index (χ1n) is 5.87. The van der Waals surface area contributed by atoms with Gasteiger partial charge in [0.2, 0.25) is 5.90 Å². The number of hydrogen-bond acceptors (Lipinski definition) is 6. The van der Waals surface area contributed by atoms with Crippen molar-refractivity contribution in [3.05, 3.63) is 41.6 Å². The third-order valence-corrected chi connectivity index (χ3v) is 2.23. The lowest BCUT2D eigenvalue weighted by Crippen LogP contribution is -2.04. The van der Waals surface area contributed by atoms with Gasteiger partial charge in [-0.05, 0) is 31.2 Å². The Hall–Kier alpha value is -2.81. The standard InChI is InChI=1S/C14H15N3O3/c1-3-20-14(18)10-4-6-12(7-5-10)17-13(19-2)8-11(16)9-15/h4-8H,3,16H2,1-2H3/b11-8-,17-13?. The summed E-state index contributed by atoms with van der Waals surface area (Å²) in [7, 11) is 1.42. The molecule has 0 atom stereocenters. The van der Waals surface area contributed by atoms with E-state index >= 15 is 0 Å². The Balaban J connectivity index is 2.93. The molecule has 0 aliphatic carbocycles. The van der Waals surface area contributed by atoms with Gasteiger partial charge in [-0.3, -0.25) is 0 Å². The Morgan fingerprint density at radius 3 is 2.60 bits per heavy atom. The van der Waals surface area contributed by atoms with Gasteiger partial charge >= 0.3 is 5.97 Å². The number of carbonyl (C=O) groups is 1. The van der Waals surface area contributed by atoms with Crippen LogP contribution in [0.3, 0.4) is 0 Å². The van der Waals surface area contributed by atoms with Crippen molar-refractivity contribution < 1.29 is 14.3 Å². The van der Waals surface area contributed by atoms with Crippen LogP contribution < -0.4 is 5.73 Å². The van der Waals surface area contributed by atoms with Gasteiger partial charge in [-0.2, -0.15) is 5.26 Å². The molecule has 0 bridgehead atoms. The summed E-state index contributed by atoms with van der Waals surface area (Å²) in [6.07, 6.45) is 1.32. The number of rotatable bonds is 4. The number of nitrogens with two attached hydrogens (primary N) is 1. The van der Waals surface area contributed by atoms with Gasteiger partial charge < -0.3 is 15.2 Å². The van der Waals surface area contributed by atoms with Crippen molar-refractivity contribution in [1.82, 2.24) is 0 Å². The number of esters is 1. The molecular weight excluding hydrogens is 258 g/mol. The van der Waals surface area contributed by atoms with E-state index in [0.717, 1.165) is 0 Å². The largest absolute Gasteiger partial charge is 0.481 e. The molecule has 20 heavy (non-hydrogen) atoms. The second kappa shape index (κ2) is 7.59. The fourth-order valence-electron chi connectivity index (χ4n) is 1.32. The normalized spacial score (nSPS) is 11.7. The Morgan fingerprint density at radius 2 is 2.10 bits per heavy atom. The molecule has 0 unspecified atom stereocenters. The third-order valence-electron chi connectivity index (χ3n) is 2.23. The van der Waals surface area contributed by atoms with Crippen molar-refractivity contribution in [2.24, 2.45) is 10.7 Å². The molecule has 1 rings (SSSR count). The van der Waals surface area contributed by atoms with Gasteiger partial charge in [0.05, 0.1) is 25.0 Å². The van der Waals surface area contributed by atoms with Crippen LogP contribution in [0.15, 0.2) is 41.0 Å². The highest BCUT2D eigenvalue weighted by molar-refractivity contribution is 5.92. The Labute approximate surface area is 117 Å². The first kappa shape index (κ1) is 15.2. The highest BCUT2D eigenvalue weighted by Crippen LogP contribution is 2.14. The summed E-state index contributed by atoms with van der Waals surface area (Å²) in [5.74, 6) is -0.184. The van der Waals surface area contributed by atoms with Crippen LogP contribution in [0.2, 0.25) is 0 Å². The van der Waals surface area contributed by atoms with Crippen LogP contribution in [0.1, 0.15) is 17.3 Å². The fraction of sp³-hybridized carbons (Fsp3) is 0.214. The molecule has 0 aliphatic rings. The highest BCUT2D eigenvalue weighted by atomic mass is 16.5. The number of nitriles is 1. The van der Waals surface area contributed by atoms with E-state index in [1.807, 2.05) is 0 Å². The van der Waals surface area contributed by atoms with E-state index in [1.165, 1.54) is 13.2 Å². The maximum absolute atomic E-state index is 11.5. The van der Waals surface area contributed by atoms with E-state index in [9.17, 15) is 4.79 Å². The average Bonchev–Trinajstić information content (AvgIpc) is 2.47. The molecule has 2 N–H and O–H groups in total. The Kier molecular flexibility index (Phi) is 5.78. The summed E-state index contributed by atoms with van der Waals surface area (Å²) in [5, 5.41) is 8.59. The first-order valence-corrected chi connectivity index (χ1v) is 5.87. The molecule has 0 spiro atoms. The molecule has 1 aromatic carbocycles. The molecule has 0 heterocycles. The van der Waals surface area contributed by atoms with Gasteiger partial charge in [0.25, 0.3) is 0 Å². The molecule has 0 amide bonds. The van der Waals surface area contributed by atoms with E-state index in [2.05, 4.69) is 4.99 Å². The smallest absolute Gasteiger partial charge is 0.338 e. The third kappa shape index (κ3) is 4.46. The van der Waals surface area contributed by atoms with E-state index < -0.39 is 0 Å². The van der Waals surface area contributed by atoms with Crippen LogP contribution in [0.25, 0.3) is 0 Å². The quantitative estimate of drug-likeness (QED) is 0.391. The number of nitrogens with zero attached hydrogens (tertiary/aromatic N) is 2. The predicted molar refractivity (Wildman–Crippen MR) is 74.4 cm³/mol. The molecule has 1 aromatic rings. The van der Waals surface area contributed by atoms with Crippen LogP contribution in [0.5, 0.6) is 0 Å². The van der Waals surface area contributed by atoms with Crippen LogP contribution in [0, 0.1) is 11.3 Å². The van der Waals surface area contributed by atoms with Crippen LogP contribution in [-0.4, -0.2) is 25.6 Å². The summed E-state index contributed by atoms with van der Waals surface area (Å²) >= 11 is 0. The SMILES string of the molecule is CCOC(=O)c1ccc(N=C(/C=C(\N)C#N)OC)cc1. The predicted octanol–water partition coefficient (Wildman–Crippen LogP) is 1.91. The Morgan fingerprint density at radius 1 is 1.45 bits per heavy atom. The van der Waals surface area contributed by atoms with E-state index in [4.69, 9.17) is 20.5 Å². The van der Waals surface area contributed by atoms with Gasteiger partial charge in [-0.1, -0.05) is 0 Å². The van der Waals surface area contributed by atoms with Crippen molar-refractivity contribution in [2.75, 3.05) is 13.7 Å². The second-order valence-corrected chi connectivity index (χ2v) is 3.63. The minimum atomic E-state index is -0.386. The zero-order valence-corrected chi connectivity index (χ0v) is 11.3. The number of methoxy groups -OCH3 is 1. The topological polar surface area (TPSA) is 97.7 Å². The molecular formula is C14H15N3O3. The molecule has 0 aliphatic heterocycles. The van der Waals surface area contributed by atoms with E-state index in [0.29, 0.717) is 17.9 Å². The second-order valence-electron chi connectivity index (χ2n) is 3.63. The molecule has 0 saturated heterocycles. The van der Waals surface area contributed by atoms with Gasteiger partial charge in [-0.25, -0.2) is 9.79 Å². The molecule has 6 heteroatoms. The van der Waals surface area contributed by atoms with Crippen LogP contribution in [-0.2, 0) is 9.47 Å². The summed E-state index contributed by atoms with van der Waals surface area (Å²) in [5.41, 5.74) is 6.38. The lowest BCUT2D eigenvalue weighted by Gasteiger charge is -2.03. The lowest BCUT2D eigenvalue weighted by molar-refractivity contribution is 0.0526. The maximum atomic E-state index is 11.5. The summed E-state index contributed by atoms with van der Waals surface area (Å²) < 4.78 is 9.87. The van der Waals surface area contributed by atoms with Crippen molar-refractivity contribution >= 4 is 17.6 Å². The molecule has 0 saturated carbocycles. The average molecular weight is 273 g/mol. The minimum absolute atomic E-state index is 0.00579. The van der Waals surface area contributed by atoms with Gasteiger partial charge in [0.1, 0.15) is 11.8 Å². The minimum Gasteiger partial charge on any atom is -0.481 e. The zero-order chi connectivity index (χ0) is 15.0. The van der Waals surface area contributed by atoms with Crippen molar-refractivity contribution in [2.45, 2.75) is 6.92 Å². The summed E-state index contributed by atoms with van der Waals surface area (Å²) in [4.78, 5) is 15.6. The van der Waals surface area contributed by atoms with E-state index in [1.54, 1.807) is 37.3 Å². The first-order chi connectivity index (χ1) is 9.60. The molecule has 0 radical (unpaired) electrons. The molecule has 0 aromatic heterocycles. The van der Waals surface area contributed by atoms with Crippen molar-refractivity contribution in [3.8, 4) is 6.07 Å². The van der Waals surface area contributed by atoms with Crippen LogP contribution >= 0.6 is 0 Å². The van der Waals surface area contributed by atoms with Crippen LogP contribution in [0.4, 0.5) is 5.69 Å². The Bertz CT molecular complexity index is 568. The number of aliphatic imine (C=N–C) groups is 1. The highest BCUT2D eigenvalue weighted by Gasteiger charge is 2.05. The zero-order valence-electron chi connectivity index (χ0n) is 11.3.